The molecular formula is C8H19N3. The largest absolute Gasteiger partial charge is 0.303 e. The van der Waals surface area contributed by atoms with Crippen molar-refractivity contribution in [1.29, 1.82) is 0 Å². The monoisotopic (exact) mass is 157 g/mol. The highest BCUT2D eigenvalue weighted by atomic mass is 15.4. The summed E-state index contributed by atoms with van der Waals surface area (Å²) >= 11 is 0. The lowest BCUT2D eigenvalue weighted by molar-refractivity contribution is -0.0217. The molecule has 0 aliphatic carbocycles. The molecule has 0 spiro atoms. The second kappa shape index (κ2) is 3.09. The minimum absolute atomic E-state index is 0.0914. The van der Waals surface area contributed by atoms with Crippen molar-refractivity contribution < 1.29 is 0 Å². The minimum atomic E-state index is 0.0914. The van der Waals surface area contributed by atoms with Gasteiger partial charge in [0.25, 0.3) is 0 Å². The first-order valence-electron chi connectivity index (χ1n) is 4.23. The summed E-state index contributed by atoms with van der Waals surface area (Å²) in [6, 6.07) is 1.22. The maximum Gasteiger partial charge on any atom is 0.114 e. The summed E-state index contributed by atoms with van der Waals surface area (Å²) in [5, 5.41) is 0. The van der Waals surface area contributed by atoms with Crippen LogP contribution in [0.3, 0.4) is 0 Å². The van der Waals surface area contributed by atoms with Crippen molar-refractivity contribution in [2.75, 3.05) is 14.1 Å². The van der Waals surface area contributed by atoms with E-state index < -0.39 is 0 Å². The summed E-state index contributed by atoms with van der Waals surface area (Å²) in [6.45, 7) is 4.45. The average molecular weight is 157 g/mol. The van der Waals surface area contributed by atoms with E-state index in [9.17, 15) is 0 Å². The van der Waals surface area contributed by atoms with Crippen LogP contribution in [0.1, 0.15) is 20.3 Å². The van der Waals surface area contributed by atoms with Crippen LogP contribution in [0.2, 0.25) is 0 Å². The highest BCUT2D eigenvalue weighted by Crippen LogP contribution is 2.18. The molecule has 3 nitrogen and oxygen atoms in total. The standard InChI is InChI=1S/C8H19N3/c1-6-5-7(2)11(4)8(9)10(6)3/h6-8H,5,9H2,1-4H3. The maximum absolute atomic E-state index is 5.95. The van der Waals surface area contributed by atoms with Gasteiger partial charge < -0.3 is 5.73 Å². The molecule has 0 aromatic carbocycles. The molecule has 1 saturated heterocycles. The lowest BCUT2D eigenvalue weighted by atomic mass is 10.0. The van der Waals surface area contributed by atoms with Gasteiger partial charge >= 0.3 is 0 Å². The predicted molar refractivity (Wildman–Crippen MR) is 47.0 cm³/mol. The highest BCUT2D eigenvalue weighted by molar-refractivity contribution is 4.81. The molecule has 1 aliphatic rings. The van der Waals surface area contributed by atoms with Gasteiger partial charge in [-0.2, -0.15) is 0 Å². The molecule has 0 radical (unpaired) electrons. The Morgan fingerprint density at radius 3 is 1.82 bits per heavy atom. The summed E-state index contributed by atoms with van der Waals surface area (Å²) in [5.41, 5.74) is 5.95. The average Bonchev–Trinajstić information content (AvgIpc) is 1.97. The van der Waals surface area contributed by atoms with E-state index >= 15 is 0 Å². The summed E-state index contributed by atoms with van der Waals surface area (Å²) < 4.78 is 0. The molecule has 11 heavy (non-hydrogen) atoms. The smallest absolute Gasteiger partial charge is 0.114 e. The van der Waals surface area contributed by atoms with E-state index in [4.69, 9.17) is 5.73 Å². The van der Waals surface area contributed by atoms with E-state index in [0.29, 0.717) is 12.1 Å². The van der Waals surface area contributed by atoms with Crippen LogP contribution in [-0.4, -0.2) is 42.3 Å². The second-order valence-electron chi connectivity index (χ2n) is 3.68. The first-order valence-corrected chi connectivity index (χ1v) is 4.23. The Morgan fingerprint density at radius 2 is 1.45 bits per heavy atom. The van der Waals surface area contributed by atoms with Crippen LogP contribution in [0.15, 0.2) is 0 Å². The summed E-state index contributed by atoms with van der Waals surface area (Å²) in [4.78, 5) is 4.42. The van der Waals surface area contributed by atoms with E-state index in [-0.39, 0.29) is 6.29 Å². The van der Waals surface area contributed by atoms with Crippen LogP contribution in [0.5, 0.6) is 0 Å². The second-order valence-corrected chi connectivity index (χ2v) is 3.68. The maximum atomic E-state index is 5.95. The first kappa shape index (κ1) is 8.97. The predicted octanol–water partition coefficient (Wildman–Crippen LogP) is 0.273. The number of nitrogens with zero attached hydrogens (tertiary/aromatic N) is 2. The van der Waals surface area contributed by atoms with Crippen LogP contribution in [0.4, 0.5) is 0 Å². The fourth-order valence-corrected chi connectivity index (χ4v) is 1.63. The third kappa shape index (κ3) is 1.55. The Kier molecular flexibility index (Phi) is 2.52. The molecule has 1 heterocycles. The lowest BCUT2D eigenvalue weighted by Gasteiger charge is -2.45. The zero-order chi connectivity index (χ0) is 8.59. The third-order valence-electron chi connectivity index (χ3n) is 2.91. The van der Waals surface area contributed by atoms with Crippen molar-refractivity contribution in [2.45, 2.75) is 38.6 Å². The normalized spacial score (nSPS) is 42.8. The van der Waals surface area contributed by atoms with Gasteiger partial charge in [0.1, 0.15) is 6.29 Å². The quantitative estimate of drug-likeness (QED) is 0.548. The van der Waals surface area contributed by atoms with Gasteiger partial charge in [-0.05, 0) is 34.4 Å². The van der Waals surface area contributed by atoms with Crippen molar-refractivity contribution >= 4 is 0 Å². The van der Waals surface area contributed by atoms with Crippen molar-refractivity contribution in [1.82, 2.24) is 9.80 Å². The molecular weight excluding hydrogens is 138 g/mol. The lowest BCUT2D eigenvalue weighted by Crippen LogP contribution is -2.61. The van der Waals surface area contributed by atoms with Crippen LogP contribution >= 0.6 is 0 Å². The summed E-state index contributed by atoms with van der Waals surface area (Å²) in [7, 11) is 4.16. The topological polar surface area (TPSA) is 32.5 Å². The molecule has 0 saturated carbocycles. The van der Waals surface area contributed by atoms with E-state index in [1.54, 1.807) is 0 Å². The minimum Gasteiger partial charge on any atom is -0.303 e. The fraction of sp³-hybridized carbons (Fsp3) is 1.00. The molecule has 0 bridgehead atoms. The summed E-state index contributed by atoms with van der Waals surface area (Å²) in [5.74, 6) is 0. The number of hydrogen-bond acceptors (Lipinski definition) is 3. The van der Waals surface area contributed by atoms with Crippen molar-refractivity contribution in [3.8, 4) is 0 Å². The van der Waals surface area contributed by atoms with Gasteiger partial charge in [0, 0.05) is 12.1 Å². The Hall–Kier alpha value is -0.120. The van der Waals surface area contributed by atoms with Crippen LogP contribution in [-0.2, 0) is 0 Å². The first-order chi connectivity index (χ1) is 5.04. The Labute approximate surface area is 69.1 Å². The van der Waals surface area contributed by atoms with Crippen LogP contribution in [0.25, 0.3) is 0 Å². The SMILES string of the molecule is CC1CC(C)N(C)C(N)N1C. The molecule has 3 heteroatoms. The molecule has 66 valence electrons. The van der Waals surface area contributed by atoms with E-state index in [1.165, 1.54) is 6.42 Å². The van der Waals surface area contributed by atoms with E-state index in [1.807, 2.05) is 0 Å². The van der Waals surface area contributed by atoms with E-state index in [2.05, 4.69) is 37.7 Å². The molecule has 0 aromatic heterocycles. The number of nitrogens with two attached hydrogens (primary N) is 1. The Balaban J connectivity index is 2.63. The van der Waals surface area contributed by atoms with Gasteiger partial charge in [-0.25, -0.2) is 0 Å². The molecule has 1 rings (SSSR count). The third-order valence-corrected chi connectivity index (χ3v) is 2.91. The van der Waals surface area contributed by atoms with Crippen LogP contribution < -0.4 is 5.73 Å². The molecule has 0 amide bonds. The number of rotatable bonds is 0. The zero-order valence-corrected chi connectivity index (χ0v) is 7.91. The Morgan fingerprint density at radius 1 is 1.09 bits per heavy atom. The zero-order valence-electron chi connectivity index (χ0n) is 7.91. The van der Waals surface area contributed by atoms with Gasteiger partial charge in [-0.1, -0.05) is 0 Å². The van der Waals surface area contributed by atoms with Gasteiger partial charge in [0.15, 0.2) is 0 Å². The highest BCUT2D eigenvalue weighted by Gasteiger charge is 2.30. The van der Waals surface area contributed by atoms with Gasteiger partial charge in [0.2, 0.25) is 0 Å². The molecule has 1 aliphatic heterocycles. The van der Waals surface area contributed by atoms with Crippen LogP contribution in [0, 0.1) is 0 Å². The van der Waals surface area contributed by atoms with Crippen molar-refractivity contribution in [3.63, 3.8) is 0 Å². The summed E-state index contributed by atoms with van der Waals surface area (Å²) in [6.07, 6.45) is 1.30. The van der Waals surface area contributed by atoms with Gasteiger partial charge in [-0.15, -0.1) is 0 Å². The van der Waals surface area contributed by atoms with E-state index in [0.717, 1.165) is 0 Å². The molecule has 1 fully saturated rings. The number of hydrogen-bond donors (Lipinski definition) is 1. The molecule has 2 unspecified atom stereocenters. The van der Waals surface area contributed by atoms with Crippen molar-refractivity contribution in [3.05, 3.63) is 0 Å². The Bertz CT molecular complexity index is 123. The van der Waals surface area contributed by atoms with Gasteiger partial charge in [0.05, 0.1) is 0 Å². The van der Waals surface area contributed by atoms with Gasteiger partial charge in [-0.3, -0.25) is 9.80 Å². The fourth-order valence-electron chi connectivity index (χ4n) is 1.63. The molecule has 2 atom stereocenters. The molecule has 2 N–H and O–H groups in total. The molecule has 0 aromatic rings. The van der Waals surface area contributed by atoms with Crippen molar-refractivity contribution in [2.24, 2.45) is 5.73 Å².